The Balaban J connectivity index is 3.20. The molecule has 5 heteroatoms. The third-order valence-corrected chi connectivity index (χ3v) is 3.76. The molecule has 0 bridgehead atoms. The van der Waals surface area contributed by atoms with Gasteiger partial charge in [0.25, 0.3) is 0 Å². The number of nitrogens with zero attached hydrogens (tertiary/aromatic N) is 3. The SMILES string of the molecule is CCC(CC)N(CCOC)c1cc(Cl)nc(C(C)(C)C)n1. The van der Waals surface area contributed by atoms with Crippen LogP contribution in [0.15, 0.2) is 6.07 Å². The lowest BCUT2D eigenvalue weighted by molar-refractivity contribution is 0.202. The van der Waals surface area contributed by atoms with Crippen LogP contribution in [0, 0.1) is 0 Å². The molecule has 1 heterocycles. The Bertz CT molecular complexity index is 442. The van der Waals surface area contributed by atoms with Gasteiger partial charge in [0.2, 0.25) is 0 Å². The lowest BCUT2D eigenvalue weighted by atomic mass is 9.96. The maximum absolute atomic E-state index is 6.22. The Morgan fingerprint density at radius 3 is 2.33 bits per heavy atom. The van der Waals surface area contributed by atoms with Gasteiger partial charge in [-0.2, -0.15) is 0 Å². The zero-order valence-electron chi connectivity index (χ0n) is 14.1. The van der Waals surface area contributed by atoms with E-state index in [0.29, 0.717) is 17.8 Å². The van der Waals surface area contributed by atoms with E-state index < -0.39 is 0 Å². The molecule has 0 atom stereocenters. The van der Waals surface area contributed by atoms with Gasteiger partial charge in [-0.25, -0.2) is 9.97 Å². The number of ether oxygens (including phenoxy) is 1. The molecule has 1 aromatic heterocycles. The van der Waals surface area contributed by atoms with Gasteiger partial charge < -0.3 is 9.64 Å². The second-order valence-electron chi connectivity index (χ2n) is 6.28. The Hall–Kier alpha value is -0.870. The van der Waals surface area contributed by atoms with Crippen molar-refractivity contribution in [2.75, 3.05) is 25.2 Å². The molecule has 0 saturated carbocycles. The van der Waals surface area contributed by atoms with Crippen molar-refractivity contribution in [1.29, 1.82) is 0 Å². The maximum atomic E-state index is 6.22. The normalized spacial score (nSPS) is 12.0. The fourth-order valence-corrected chi connectivity index (χ4v) is 2.47. The zero-order chi connectivity index (χ0) is 16.0. The molecule has 0 amide bonds. The molecule has 0 saturated heterocycles. The first-order chi connectivity index (χ1) is 9.83. The minimum absolute atomic E-state index is 0.125. The molecule has 0 aromatic carbocycles. The third kappa shape index (κ3) is 5.11. The number of methoxy groups -OCH3 is 1. The van der Waals surface area contributed by atoms with E-state index in [1.54, 1.807) is 7.11 Å². The predicted molar refractivity (Wildman–Crippen MR) is 89.3 cm³/mol. The molecule has 1 rings (SSSR count). The molecule has 0 fully saturated rings. The average molecular weight is 314 g/mol. The molecule has 0 aliphatic carbocycles. The molecular formula is C16H28ClN3O. The van der Waals surface area contributed by atoms with Gasteiger partial charge in [0.1, 0.15) is 16.8 Å². The summed E-state index contributed by atoms with van der Waals surface area (Å²) in [6.07, 6.45) is 2.12. The number of halogens is 1. The summed E-state index contributed by atoms with van der Waals surface area (Å²) in [6, 6.07) is 2.28. The van der Waals surface area contributed by atoms with Gasteiger partial charge in [-0.15, -0.1) is 0 Å². The molecule has 0 radical (unpaired) electrons. The van der Waals surface area contributed by atoms with E-state index in [4.69, 9.17) is 21.3 Å². The van der Waals surface area contributed by atoms with Crippen LogP contribution in [-0.2, 0) is 10.2 Å². The molecule has 21 heavy (non-hydrogen) atoms. The van der Waals surface area contributed by atoms with E-state index in [1.807, 2.05) is 6.07 Å². The van der Waals surface area contributed by atoms with Crippen molar-refractivity contribution < 1.29 is 4.74 Å². The first-order valence-electron chi connectivity index (χ1n) is 7.64. The summed E-state index contributed by atoms with van der Waals surface area (Å²) in [6.45, 7) is 12.2. The standard InChI is InChI=1S/C16H28ClN3O/c1-7-12(8-2)20(9-10-21-6)14-11-13(17)18-15(19-14)16(3,4)5/h11-12H,7-10H2,1-6H3. The number of anilines is 1. The zero-order valence-corrected chi connectivity index (χ0v) is 14.9. The summed E-state index contributed by atoms with van der Waals surface area (Å²) in [5.74, 6) is 1.67. The van der Waals surface area contributed by atoms with Gasteiger partial charge in [-0.05, 0) is 12.8 Å². The van der Waals surface area contributed by atoms with Crippen LogP contribution in [0.4, 0.5) is 5.82 Å². The van der Waals surface area contributed by atoms with Crippen LogP contribution in [0.1, 0.15) is 53.3 Å². The highest BCUT2D eigenvalue weighted by Gasteiger charge is 2.23. The summed E-state index contributed by atoms with van der Waals surface area (Å²) in [7, 11) is 1.72. The topological polar surface area (TPSA) is 38.2 Å². The Labute approximate surface area is 133 Å². The van der Waals surface area contributed by atoms with Crippen molar-refractivity contribution in [3.63, 3.8) is 0 Å². The molecule has 0 spiro atoms. The first-order valence-corrected chi connectivity index (χ1v) is 8.01. The summed E-state index contributed by atoms with van der Waals surface area (Å²) < 4.78 is 5.24. The van der Waals surface area contributed by atoms with Crippen molar-refractivity contribution in [3.8, 4) is 0 Å². The van der Waals surface area contributed by atoms with Gasteiger partial charge in [0.15, 0.2) is 0 Å². The van der Waals surface area contributed by atoms with Crippen molar-refractivity contribution in [3.05, 3.63) is 17.0 Å². The minimum Gasteiger partial charge on any atom is -0.383 e. The molecule has 120 valence electrons. The number of hydrogen-bond acceptors (Lipinski definition) is 4. The lowest BCUT2D eigenvalue weighted by Gasteiger charge is -2.32. The van der Waals surface area contributed by atoms with Crippen molar-refractivity contribution >= 4 is 17.4 Å². The highest BCUT2D eigenvalue weighted by molar-refractivity contribution is 6.29. The summed E-state index contributed by atoms with van der Waals surface area (Å²) in [5, 5.41) is 0.498. The summed E-state index contributed by atoms with van der Waals surface area (Å²) in [5.41, 5.74) is -0.125. The monoisotopic (exact) mass is 313 g/mol. The lowest BCUT2D eigenvalue weighted by Crippen LogP contribution is -2.38. The van der Waals surface area contributed by atoms with Crippen molar-refractivity contribution in [2.24, 2.45) is 0 Å². The molecule has 0 aliphatic heterocycles. The van der Waals surface area contributed by atoms with Crippen LogP contribution in [0.2, 0.25) is 5.15 Å². The summed E-state index contributed by atoms with van der Waals surface area (Å²) in [4.78, 5) is 11.4. The highest BCUT2D eigenvalue weighted by atomic mass is 35.5. The smallest absolute Gasteiger partial charge is 0.137 e. The molecule has 0 unspecified atom stereocenters. The molecule has 0 aliphatic rings. The van der Waals surface area contributed by atoms with Gasteiger partial charge in [0.05, 0.1) is 6.61 Å². The van der Waals surface area contributed by atoms with Gasteiger partial charge in [0, 0.05) is 31.2 Å². The van der Waals surface area contributed by atoms with Crippen molar-refractivity contribution in [1.82, 2.24) is 9.97 Å². The second kappa shape index (κ2) is 7.95. The number of aromatic nitrogens is 2. The number of hydrogen-bond donors (Lipinski definition) is 0. The quantitative estimate of drug-likeness (QED) is 0.711. The van der Waals surface area contributed by atoms with Crippen LogP contribution in [0.25, 0.3) is 0 Å². The first kappa shape index (κ1) is 18.2. The highest BCUT2D eigenvalue weighted by Crippen LogP contribution is 2.26. The fraction of sp³-hybridized carbons (Fsp3) is 0.750. The fourth-order valence-electron chi connectivity index (χ4n) is 2.29. The van der Waals surface area contributed by atoms with Crippen molar-refractivity contribution in [2.45, 2.75) is 58.9 Å². The summed E-state index contributed by atoms with van der Waals surface area (Å²) >= 11 is 6.22. The van der Waals surface area contributed by atoms with Gasteiger partial charge >= 0.3 is 0 Å². The van der Waals surface area contributed by atoms with Crippen LogP contribution in [-0.4, -0.2) is 36.3 Å². The largest absolute Gasteiger partial charge is 0.383 e. The van der Waals surface area contributed by atoms with E-state index in [-0.39, 0.29) is 5.41 Å². The van der Waals surface area contributed by atoms with E-state index in [0.717, 1.165) is 31.0 Å². The van der Waals surface area contributed by atoms with E-state index in [9.17, 15) is 0 Å². The Morgan fingerprint density at radius 2 is 1.86 bits per heavy atom. The Morgan fingerprint density at radius 1 is 1.24 bits per heavy atom. The Kier molecular flexibility index (Phi) is 6.88. The minimum atomic E-state index is -0.125. The average Bonchev–Trinajstić information content (AvgIpc) is 2.41. The molecular weight excluding hydrogens is 286 g/mol. The van der Waals surface area contributed by atoms with Crippen LogP contribution < -0.4 is 4.90 Å². The maximum Gasteiger partial charge on any atom is 0.137 e. The van der Waals surface area contributed by atoms with Crippen LogP contribution in [0.5, 0.6) is 0 Å². The van der Waals surface area contributed by atoms with Gasteiger partial charge in [-0.1, -0.05) is 46.2 Å². The van der Waals surface area contributed by atoms with Gasteiger partial charge in [-0.3, -0.25) is 0 Å². The van der Waals surface area contributed by atoms with Crippen LogP contribution >= 0.6 is 11.6 Å². The molecule has 4 nitrogen and oxygen atoms in total. The molecule has 1 aromatic rings. The van der Waals surface area contributed by atoms with E-state index in [1.165, 1.54) is 0 Å². The number of rotatable bonds is 7. The second-order valence-corrected chi connectivity index (χ2v) is 6.67. The molecule has 0 N–H and O–H groups in total. The van der Waals surface area contributed by atoms with E-state index in [2.05, 4.69) is 44.5 Å². The third-order valence-electron chi connectivity index (χ3n) is 3.57. The predicted octanol–water partition coefficient (Wildman–Crippen LogP) is 4.07. The van der Waals surface area contributed by atoms with E-state index >= 15 is 0 Å². The van der Waals surface area contributed by atoms with Crippen LogP contribution in [0.3, 0.4) is 0 Å².